The molecule has 0 aliphatic carbocycles. The van der Waals surface area contributed by atoms with E-state index in [0.717, 1.165) is 30.8 Å². The van der Waals surface area contributed by atoms with Crippen LogP contribution in [-0.4, -0.2) is 19.2 Å². The maximum atomic E-state index is 6.09. The third-order valence-corrected chi connectivity index (χ3v) is 2.77. The van der Waals surface area contributed by atoms with E-state index in [1.54, 1.807) is 0 Å². The smallest absolute Gasteiger partial charge is 0.138 e. The fraction of sp³-hybridized carbons (Fsp3) is 0.538. The quantitative estimate of drug-likeness (QED) is 0.824. The standard InChI is InChI=1S/C13H20ClNO/c1-4-11(9-15-5-2)16-13-8-10(3)6-7-12(13)14/h6-8,11,15H,4-5,9H2,1-3H3. The van der Waals surface area contributed by atoms with Crippen LogP contribution in [0.1, 0.15) is 25.8 Å². The first-order chi connectivity index (χ1) is 7.67. The maximum Gasteiger partial charge on any atom is 0.138 e. The second-order valence-electron chi connectivity index (χ2n) is 3.89. The lowest BCUT2D eigenvalue weighted by molar-refractivity contribution is 0.194. The molecule has 0 aromatic heterocycles. The molecule has 0 fully saturated rings. The molecule has 0 aliphatic rings. The third-order valence-electron chi connectivity index (χ3n) is 2.46. The van der Waals surface area contributed by atoms with Crippen LogP contribution in [0.3, 0.4) is 0 Å². The summed E-state index contributed by atoms with van der Waals surface area (Å²) < 4.78 is 5.88. The van der Waals surface area contributed by atoms with Crippen LogP contribution in [0.2, 0.25) is 5.02 Å². The summed E-state index contributed by atoms with van der Waals surface area (Å²) in [6.07, 6.45) is 1.15. The van der Waals surface area contributed by atoms with Gasteiger partial charge in [-0.2, -0.15) is 0 Å². The van der Waals surface area contributed by atoms with Crippen molar-refractivity contribution < 1.29 is 4.74 Å². The van der Waals surface area contributed by atoms with Crippen LogP contribution < -0.4 is 10.1 Å². The summed E-state index contributed by atoms with van der Waals surface area (Å²) in [5, 5.41) is 3.97. The Morgan fingerprint density at radius 3 is 2.75 bits per heavy atom. The Kier molecular flexibility index (Phi) is 5.64. The highest BCUT2D eigenvalue weighted by Crippen LogP contribution is 2.26. The molecule has 1 rings (SSSR count). The van der Waals surface area contributed by atoms with E-state index in [1.165, 1.54) is 0 Å². The van der Waals surface area contributed by atoms with Gasteiger partial charge in [-0.05, 0) is 37.6 Å². The van der Waals surface area contributed by atoms with Gasteiger partial charge in [-0.1, -0.05) is 31.5 Å². The molecule has 1 N–H and O–H groups in total. The van der Waals surface area contributed by atoms with Crippen molar-refractivity contribution in [3.8, 4) is 5.75 Å². The highest BCUT2D eigenvalue weighted by molar-refractivity contribution is 6.32. The molecule has 2 nitrogen and oxygen atoms in total. The number of aryl methyl sites for hydroxylation is 1. The summed E-state index contributed by atoms with van der Waals surface area (Å²) in [4.78, 5) is 0. The van der Waals surface area contributed by atoms with Crippen LogP contribution in [0.25, 0.3) is 0 Å². The molecule has 0 saturated heterocycles. The van der Waals surface area contributed by atoms with Gasteiger partial charge in [0.05, 0.1) is 5.02 Å². The molecule has 1 aromatic rings. The van der Waals surface area contributed by atoms with E-state index in [0.29, 0.717) is 5.02 Å². The van der Waals surface area contributed by atoms with Gasteiger partial charge in [-0.3, -0.25) is 0 Å². The molecule has 3 heteroatoms. The number of benzene rings is 1. The van der Waals surface area contributed by atoms with Gasteiger partial charge in [0.15, 0.2) is 0 Å². The highest BCUT2D eigenvalue weighted by Gasteiger charge is 2.09. The summed E-state index contributed by atoms with van der Waals surface area (Å²) in [5.74, 6) is 0.784. The van der Waals surface area contributed by atoms with Crippen molar-refractivity contribution in [3.63, 3.8) is 0 Å². The molecule has 1 aromatic carbocycles. The van der Waals surface area contributed by atoms with Crippen LogP contribution in [0, 0.1) is 6.92 Å². The number of hydrogen-bond donors (Lipinski definition) is 1. The molecule has 16 heavy (non-hydrogen) atoms. The number of rotatable bonds is 6. The summed E-state index contributed by atoms with van der Waals surface area (Å²) in [7, 11) is 0. The summed E-state index contributed by atoms with van der Waals surface area (Å²) in [6.45, 7) is 8.06. The zero-order valence-corrected chi connectivity index (χ0v) is 11.0. The SMILES string of the molecule is CCNCC(CC)Oc1cc(C)ccc1Cl. The number of halogens is 1. The lowest BCUT2D eigenvalue weighted by Crippen LogP contribution is -2.30. The minimum absolute atomic E-state index is 0.180. The fourth-order valence-corrected chi connectivity index (χ4v) is 1.62. The monoisotopic (exact) mass is 241 g/mol. The minimum Gasteiger partial charge on any atom is -0.488 e. The lowest BCUT2D eigenvalue weighted by Gasteiger charge is -2.19. The van der Waals surface area contributed by atoms with Gasteiger partial charge in [-0.15, -0.1) is 0 Å². The number of nitrogens with one attached hydrogen (secondary N) is 1. The number of hydrogen-bond acceptors (Lipinski definition) is 2. The molecule has 1 atom stereocenters. The summed E-state index contributed by atoms with van der Waals surface area (Å²) in [6, 6.07) is 5.85. The lowest BCUT2D eigenvalue weighted by atomic mass is 10.2. The minimum atomic E-state index is 0.180. The predicted molar refractivity (Wildman–Crippen MR) is 69.4 cm³/mol. The van der Waals surface area contributed by atoms with Gasteiger partial charge >= 0.3 is 0 Å². The predicted octanol–water partition coefficient (Wildman–Crippen LogP) is 3.42. The number of ether oxygens (including phenoxy) is 1. The summed E-state index contributed by atoms with van der Waals surface area (Å²) in [5.41, 5.74) is 1.16. The molecule has 0 aliphatic heterocycles. The van der Waals surface area contributed by atoms with E-state index in [4.69, 9.17) is 16.3 Å². The van der Waals surface area contributed by atoms with Crippen molar-refractivity contribution in [1.29, 1.82) is 0 Å². The van der Waals surface area contributed by atoms with Gasteiger partial charge in [-0.25, -0.2) is 0 Å². The molecule has 0 radical (unpaired) electrons. The molecule has 0 bridgehead atoms. The molecule has 0 spiro atoms. The Morgan fingerprint density at radius 2 is 2.12 bits per heavy atom. The Bertz CT molecular complexity index is 328. The van der Waals surface area contributed by atoms with Crippen molar-refractivity contribution >= 4 is 11.6 Å². The van der Waals surface area contributed by atoms with E-state index in [1.807, 2.05) is 25.1 Å². The van der Waals surface area contributed by atoms with E-state index < -0.39 is 0 Å². The maximum absolute atomic E-state index is 6.09. The van der Waals surface area contributed by atoms with E-state index in [-0.39, 0.29) is 6.10 Å². The van der Waals surface area contributed by atoms with Crippen molar-refractivity contribution in [1.82, 2.24) is 5.32 Å². The molecule has 90 valence electrons. The topological polar surface area (TPSA) is 21.3 Å². The van der Waals surface area contributed by atoms with Gasteiger partial charge < -0.3 is 10.1 Å². The van der Waals surface area contributed by atoms with E-state index >= 15 is 0 Å². The van der Waals surface area contributed by atoms with Gasteiger partial charge in [0.1, 0.15) is 11.9 Å². The van der Waals surface area contributed by atoms with Crippen LogP contribution >= 0.6 is 11.6 Å². The average molecular weight is 242 g/mol. The fourth-order valence-electron chi connectivity index (χ4n) is 1.46. The molecular formula is C13H20ClNO. The number of likely N-dealkylation sites (N-methyl/N-ethyl adjacent to an activating group) is 1. The van der Waals surface area contributed by atoms with Gasteiger partial charge in [0.2, 0.25) is 0 Å². The first-order valence-corrected chi connectivity index (χ1v) is 6.18. The van der Waals surface area contributed by atoms with Gasteiger partial charge in [0, 0.05) is 6.54 Å². The van der Waals surface area contributed by atoms with Crippen LogP contribution in [0.4, 0.5) is 0 Å². The second kappa shape index (κ2) is 6.77. The molecule has 0 saturated carbocycles. The normalized spacial score (nSPS) is 12.5. The van der Waals surface area contributed by atoms with Crippen molar-refractivity contribution in [2.45, 2.75) is 33.3 Å². The largest absolute Gasteiger partial charge is 0.488 e. The van der Waals surface area contributed by atoms with Crippen LogP contribution in [0.15, 0.2) is 18.2 Å². The van der Waals surface area contributed by atoms with E-state index in [9.17, 15) is 0 Å². The van der Waals surface area contributed by atoms with Crippen molar-refractivity contribution in [2.75, 3.05) is 13.1 Å². The summed E-state index contributed by atoms with van der Waals surface area (Å²) >= 11 is 6.09. The Balaban J connectivity index is 2.65. The van der Waals surface area contributed by atoms with Crippen LogP contribution in [0.5, 0.6) is 5.75 Å². The van der Waals surface area contributed by atoms with Crippen molar-refractivity contribution in [2.24, 2.45) is 0 Å². The second-order valence-corrected chi connectivity index (χ2v) is 4.30. The van der Waals surface area contributed by atoms with Crippen molar-refractivity contribution in [3.05, 3.63) is 28.8 Å². The van der Waals surface area contributed by atoms with E-state index in [2.05, 4.69) is 19.2 Å². The highest BCUT2D eigenvalue weighted by atomic mass is 35.5. The average Bonchev–Trinajstić information content (AvgIpc) is 2.28. The molecular weight excluding hydrogens is 222 g/mol. The van der Waals surface area contributed by atoms with Gasteiger partial charge in [0.25, 0.3) is 0 Å². The van der Waals surface area contributed by atoms with Crippen LogP contribution in [-0.2, 0) is 0 Å². The Hall–Kier alpha value is -0.730. The molecule has 0 heterocycles. The first-order valence-electron chi connectivity index (χ1n) is 5.80. The Morgan fingerprint density at radius 1 is 1.38 bits per heavy atom. The third kappa shape index (κ3) is 4.03. The first kappa shape index (κ1) is 13.3. The zero-order valence-electron chi connectivity index (χ0n) is 10.2. The molecule has 1 unspecified atom stereocenters. The zero-order chi connectivity index (χ0) is 12.0. The molecule has 0 amide bonds. The Labute approximate surface area is 103 Å².